The third-order valence-corrected chi connectivity index (χ3v) is 5.03. The molecule has 3 heterocycles. The van der Waals surface area contributed by atoms with Gasteiger partial charge in [0.15, 0.2) is 5.82 Å². The van der Waals surface area contributed by atoms with Crippen LogP contribution in [0.2, 0.25) is 0 Å². The van der Waals surface area contributed by atoms with Crippen molar-refractivity contribution in [2.24, 2.45) is 5.92 Å². The van der Waals surface area contributed by atoms with Gasteiger partial charge in [-0.25, -0.2) is 4.98 Å². The third kappa shape index (κ3) is 3.62. The van der Waals surface area contributed by atoms with E-state index in [1.165, 1.54) is 12.8 Å². The molecule has 0 bridgehead atoms. The molecule has 1 aliphatic heterocycles. The summed E-state index contributed by atoms with van der Waals surface area (Å²) in [6.45, 7) is 3.55. The van der Waals surface area contributed by atoms with Gasteiger partial charge in [-0.1, -0.05) is 6.07 Å². The summed E-state index contributed by atoms with van der Waals surface area (Å²) >= 11 is 0. The highest BCUT2D eigenvalue weighted by Crippen LogP contribution is 2.38. The Morgan fingerprint density at radius 3 is 2.80 bits per heavy atom. The predicted molar refractivity (Wildman–Crippen MR) is 96.5 cm³/mol. The first-order chi connectivity index (χ1) is 12.2. The molecule has 0 aromatic carbocycles. The first kappa shape index (κ1) is 16.0. The van der Waals surface area contributed by atoms with Crippen molar-refractivity contribution < 1.29 is 4.79 Å². The summed E-state index contributed by atoms with van der Waals surface area (Å²) in [6, 6.07) is 7.95. The molecule has 6 heteroatoms. The number of amides is 1. The zero-order valence-corrected chi connectivity index (χ0v) is 14.5. The summed E-state index contributed by atoms with van der Waals surface area (Å²) in [5.74, 6) is 2.12. The number of hydrogen-bond acceptors (Lipinski definition) is 5. The van der Waals surface area contributed by atoms with Crippen molar-refractivity contribution in [3.8, 4) is 0 Å². The van der Waals surface area contributed by atoms with Gasteiger partial charge in [0, 0.05) is 25.2 Å². The van der Waals surface area contributed by atoms with Crippen LogP contribution in [0.5, 0.6) is 0 Å². The standard InChI is InChI=1S/C19H23N5O/c1-13-4-2-10-20-18(13)21-19(25)15-5-3-11-24(12-15)17-9-8-16(22-23-17)14-6-7-14/h2,4,8-10,14-15H,3,5-7,11-12H2,1H3,(H,20,21,25). The number of nitrogens with zero attached hydrogens (tertiary/aromatic N) is 4. The molecule has 4 rings (SSSR count). The molecular weight excluding hydrogens is 314 g/mol. The van der Waals surface area contributed by atoms with E-state index >= 15 is 0 Å². The van der Waals surface area contributed by atoms with E-state index in [-0.39, 0.29) is 11.8 Å². The van der Waals surface area contributed by atoms with Crippen molar-refractivity contribution >= 4 is 17.5 Å². The van der Waals surface area contributed by atoms with Gasteiger partial charge in [0.05, 0.1) is 11.6 Å². The average molecular weight is 337 g/mol. The minimum Gasteiger partial charge on any atom is -0.354 e. The number of piperidine rings is 1. The first-order valence-corrected chi connectivity index (χ1v) is 9.02. The maximum absolute atomic E-state index is 12.6. The minimum atomic E-state index is -0.0555. The van der Waals surface area contributed by atoms with Crippen LogP contribution >= 0.6 is 0 Å². The largest absolute Gasteiger partial charge is 0.354 e. The first-order valence-electron chi connectivity index (χ1n) is 9.02. The Labute approximate surface area is 147 Å². The number of hydrogen-bond donors (Lipinski definition) is 1. The molecule has 1 aliphatic carbocycles. The maximum atomic E-state index is 12.6. The van der Waals surface area contributed by atoms with Gasteiger partial charge in [-0.15, -0.1) is 5.10 Å². The van der Waals surface area contributed by atoms with E-state index in [0.29, 0.717) is 18.3 Å². The Balaban J connectivity index is 1.41. The smallest absolute Gasteiger partial charge is 0.230 e. The van der Waals surface area contributed by atoms with Crippen LogP contribution in [-0.4, -0.2) is 34.2 Å². The summed E-state index contributed by atoms with van der Waals surface area (Å²) < 4.78 is 0. The lowest BCUT2D eigenvalue weighted by atomic mass is 9.97. The normalized spacial score (nSPS) is 20.4. The molecule has 1 saturated carbocycles. The number of carbonyl (C=O) groups excluding carboxylic acids is 1. The van der Waals surface area contributed by atoms with Gasteiger partial charge in [0.25, 0.3) is 0 Å². The molecule has 1 saturated heterocycles. The Morgan fingerprint density at radius 1 is 1.20 bits per heavy atom. The molecule has 1 amide bonds. The zero-order valence-electron chi connectivity index (χ0n) is 14.5. The molecule has 2 aromatic heterocycles. The molecule has 0 radical (unpaired) electrons. The summed E-state index contributed by atoms with van der Waals surface area (Å²) in [7, 11) is 0. The number of rotatable bonds is 4. The van der Waals surface area contributed by atoms with E-state index in [1.807, 2.05) is 25.1 Å². The number of aromatic nitrogens is 3. The van der Waals surface area contributed by atoms with Gasteiger partial charge in [-0.3, -0.25) is 4.79 Å². The zero-order chi connectivity index (χ0) is 17.2. The lowest BCUT2D eigenvalue weighted by Gasteiger charge is -2.32. The monoisotopic (exact) mass is 337 g/mol. The van der Waals surface area contributed by atoms with Gasteiger partial charge < -0.3 is 10.2 Å². The third-order valence-electron chi connectivity index (χ3n) is 5.03. The molecule has 2 aliphatic rings. The number of anilines is 2. The van der Waals surface area contributed by atoms with Crippen LogP contribution in [-0.2, 0) is 4.79 Å². The second-order valence-corrected chi connectivity index (χ2v) is 7.03. The van der Waals surface area contributed by atoms with Crippen LogP contribution in [0.15, 0.2) is 30.5 Å². The number of nitrogens with one attached hydrogen (secondary N) is 1. The van der Waals surface area contributed by atoms with Gasteiger partial charge in [0.2, 0.25) is 5.91 Å². The highest BCUT2D eigenvalue weighted by atomic mass is 16.2. The molecule has 2 aromatic rings. The SMILES string of the molecule is Cc1cccnc1NC(=O)C1CCCN(c2ccc(C3CC3)nn2)C1. The van der Waals surface area contributed by atoms with Crippen LogP contribution in [0.4, 0.5) is 11.6 Å². The highest BCUT2D eigenvalue weighted by Gasteiger charge is 2.28. The van der Waals surface area contributed by atoms with Gasteiger partial charge in [0.1, 0.15) is 5.82 Å². The van der Waals surface area contributed by atoms with E-state index in [0.717, 1.165) is 36.5 Å². The fraction of sp³-hybridized carbons (Fsp3) is 0.474. The highest BCUT2D eigenvalue weighted by molar-refractivity contribution is 5.92. The molecular formula is C19H23N5O. The minimum absolute atomic E-state index is 0.0362. The van der Waals surface area contributed by atoms with Crippen LogP contribution in [0, 0.1) is 12.8 Å². The van der Waals surface area contributed by atoms with Crippen molar-refractivity contribution in [1.29, 1.82) is 0 Å². The van der Waals surface area contributed by atoms with Gasteiger partial charge in [-0.05, 0) is 56.4 Å². The Bertz CT molecular complexity index is 757. The van der Waals surface area contributed by atoms with Crippen LogP contribution < -0.4 is 10.2 Å². The van der Waals surface area contributed by atoms with E-state index in [2.05, 4.69) is 31.5 Å². The summed E-state index contributed by atoms with van der Waals surface area (Å²) in [5.41, 5.74) is 2.07. The number of carbonyl (C=O) groups is 1. The second-order valence-electron chi connectivity index (χ2n) is 7.03. The van der Waals surface area contributed by atoms with Crippen LogP contribution in [0.25, 0.3) is 0 Å². The quantitative estimate of drug-likeness (QED) is 0.929. The molecule has 1 N–H and O–H groups in total. The molecule has 1 atom stereocenters. The van der Waals surface area contributed by atoms with Gasteiger partial charge >= 0.3 is 0 Å². The summed E-state index contributed by atoms with van der Waals surface area (Å²) in [6.07, 6.45) is 6.03. The Hall–Kier alpha value is -2.50. The number of pyridine rings is 1. The van der Waals surface area contributed by atoms with Crippen molar-refractivity contribution in [2.75, 3.05) is 23.3 Å². The average Bonchev–Trinajstić information content (AvgIpc) is 3.49. The van der Waals surface area contributed by atoms with Crippen molar-refractivity contribution in [1.82, 2.24) is 15.2 Å². The lowest BCUT2D eigenvalue weighted by Crippen LogP contribution is -2.41. The predicted octanol–water partition coefficient (Wildman–Crippen LogP) is 2.91. The lowest BCUT2D eigenvalue weighted by molar-refractivity contribution is -0.120. The van der Waals surface area contributed by atoms with E-state index in [4.69, 9.17) is 0 Å². The molecule has 2 fully saturated rings. The second kappa shape index (κ2) is 6.78. The fourth-order valence-corrected chi connectivity index (χ4v) is 3.34. The van der Waals surface area contributed by atoms with Crippen molar-refractivity contribution in [2.45, 2.75) is 38.5 Å². The van der Waals surface area contributed by atoms with E-state index < -0.39 is 0 Å². The van der Waals surface area contributed by atoms with Crippen LogP contribution in [0.1, 0.15) is 42.9 Å². The van der Waals surface area contributed by atoms with Crippen molar-refractivity contribution in [3.63, 3.8) is 0 Å². The molecule has 1 unspecified atom stereocenters. The molecule has 0 spiro atoms. The van der Waals surface area contributed by atoms with Crippen LogP contribution in [0.3, 0.4) is 0 Å². The molecule has 130 valence electrons. The van der Waals surface area contributed by atoms with Gasteiger partial charge in [-0.2, -0.15) is 5.10 Å². The fourth-order valence-electron chi connectivity index (χ4n) is 3.34. The summed E-state index contributed by atoms with van der Waals surface area (Å²) in [4.78, 5) is 19.1. The number of aryl methyl sites for hydroxylation is 1. The Morgan fingerprint density at radius 2 is 2.08 bits per heavy atom. The van der Waals surface area contributed by atoms with Crippen molar-refractivity contribution in [3.05, 3.63) is 41.7 Å². The molecule has 6 nitrogen and oxygen atoms in total. The van der Waals surface area contributed by atoms with E-state index in [9.17, 15) is 4.79 Å². The maximum Gasteiger partial charge on any atom is 0.230 e. The Kier molecular flexibility index (Phi) is 4.34. The molecule has 25 heavy (non-hydrogen) atoms. The van der Waals surface area contributed by atoms with E-state index in [1.54, 1.807) is 6.20 Å². The summed E-state index contributed by atoms with van der Waals surface area (Å²) in [5, 5.41) is 11.7. The topological polar surface area (TPSA) is 71.0 Å².